The normalized spacial score (nSPS) is 20.7. The number of hydrogen-bond acceptors (Lipinski definition) is 4. The highest BCUT2D eigenvalue weighted by molar-refractivity contribution is 5.96. The zero-order chi connectivity index (χ0) is 21.1. The van der Waals surface area contributed by atoms with Gasteiger partial charge >= 0.3 is 5.97 Å². The molecule has 1 aliphatic heterocycles. The molecule has 158 valence electrons. The average Bonchev–Trinajstić information content (AvgIpc) is 2.74. The molecule has 4 nitrogen and oxygen atoms in total. The second kappa shape index (κ2) is 8.95. The molecule has 2 aliphatic rings. The Morgan fingerprint density at radius 3 is 2.67 bits per heavy atom. The maximum atomic E-state index is 13.1. The van der Waals surface area contributed by atoms with E-state index in [-0.39, 0.29) is 17.6 Å². The standard InChI is InChI=1S/C26H30O4/c1-3-4-6-13-20-16-21(27)22(19-14-9-10-17(2)15-19)24-23(20)25(28)30-26(29-24)18-11-7-5-8-12-18/h5,7-8,11-12,15-16,19,26-27H,3-4,6,9-10,13-14H2,1-2H3. The minimum absolute atomic E-state index is 0.0412. The molecule has 0 amide bonds. The number of aromatic hydroxyl groups is 1. The number of fused-ring (bicyclic) bond motifs is 1. The first-order valence-corrected chi connectivity index (χ1v) is 11.1. The van der Waals surface area contributed by atoms with Gasteiger partial charge in [-0.2, -0.15) is 0 Å². The second-order valence-corrected chi connectivity index (χ2v) is 8.41. The molecule has 1 aliphatic carbocycles. The van der Waals surface area contributed by atoms with Crippen LogP contribution in [0.15, 0.2) is 48.0 Å². The monoisotopic (exact) mass is 406 g/mol. The van der Waals surface area contributed by atoms with Crippen LogP contribution < -0.4 is 4.74 Å². The van der Waals surface area contributed by atoms with Gasteiger partial charge < -0.3 is 14.6 Å². The fourth-order valence-corrected chi connectivity index (χ4v) is 4.55. The molecule has 0 fully saturated rings. The van der Waals surface area contributed by atoms with Crippen molar-refractivity contribution in [2.24, 2.45) is 0 Å². The van der Waals surface area contributed by atoms with Gasteiger partial charge in [0.05, 0.1) is 0 Å². The molecule has 0 bridgehead atoms. The third-order valence-electron chi connectivity index (χ3n) is 6.09. The molecule has 0 saturated carbocycles. The Hall–Kier alpha value is -2.75. The van der Waals surface area contributed by atoms with Crippen LogP contribution in [0.5, 0.6) is 11.5 Å². The van der Waals surface area contributed by atoms with Gasteiger partial charge in [0.15, 0.2) is 0 Å². The summed E-state index contributed by atoms with van der Waals surface area (Å²) in [5, 5.41) is 11.0. The van der Waals surface area contributed by atoms with E-state index in [2.05, 4.69) is 19.9 Å². The zero-order valence-electron chi connectivity index (χ0n) is 17.8. The smallest absolute Gasteiger partial charge is 0.345 e. The number of benzene rings is 2. The predicted molar refractivity (Wildman–Crippen MR) is 117 cm³/mol. The Balaban J connectivity index is 1.81. The van der Waals surface area contributed by atoms with E-state index in [0.717, 1.165) is 61.6 Å². The van der Waals surface area contributed by atoms with Gasteiger partial charge in [-0.15, -0.1) is 0 Å². The number of carbonyl (C=O) groups excluding carboxylic acids is 1. The Labute approximate surface area is 178 Å². The lowest BCUT2D eigenvalue weighted by Crippen LogP contribution is -2.26. The maximum Gasteiger partial charge on any atom is 0.345 e. The first-order valence-electron chi connectivity index (χ1n) is 11.1. The van der Waals surface area contributed by atoms with Crippen LogP contribution in [0.3, 0.4) is 0 Å². The molecule has 2 atom stereocenters. The summed E-state index contributed by atoms with van der Waals surface area (Å²) in [7, 11) is 0. The molecule has 2 unspecified atom stereocenters. The first kappa shape index (κ1) is 20.5. The van der Waals surface area contributed by atoms with Crippen molar-refractivity contribution in [2.45, 2.75) is 71.0 Å². The van der Waals surface area contributed by atoms with Gasteiger partial charge in [-0.1, -0.05) is 61.7 Å². The number of allylic oxidation sites excluding steroid dienone is 2. The molecular weight excluding hydrogens is 376 g/mol. The second-order valence-electron chi connectivity index (χ2n) is 8.41. The Morgan fingerprint density at radius 2 is 1.93 bits per heavy atom. The third kappa shape index (κ3) is 4.09. The first-order chi connectivity index (χ1) is 14.6. The van der Waals surface area contributed by atoms with Gasteiger partial charge in [-0.05, 0) is 50.7 Å². The SMILES string of the molecule is CCCCCc1cc(O)c(C2C=C(C)CCC2)c2c1C(=O)OC(c1ccccc1)O2. The van der Waals surface area contributed by atoms with Crippen molar-refractivity contribution < 1.29 is 19.4 Å². The van der Waals surface area contributed by atoms with Crippen molar-refractivity contribution >= 4 is 5.97 Å². The van der Waals surface area contributed by atoms with Gasteiger partial charge in [0.1, 0.15) is 17.1 Å². The summed E-state index contributed by atoms with van der Waals surface area (Å²) in [6, 6.07) is 11.2. The van der Waals surface area contributed by atoms with Crippen molar-refractivity contribution in [1.29, 1.82) is 0 Å². The molecule has 0 radical (unpaired) electrons. The summed E-state index contributed by atoms with van der Waals surface area (Å²) in [4.78, 5) is 13.1. The van der Waals surface area contributed by atoms with E-state index in [4.69, 9.17) is 9.47 Å². The largest absolute Gasteiger partial charge is 0.507 e. The summed E-state index contributed by atoms with van der Waals surface area (Å²) >= 11 is 0. The van der Waals surface area contributed by atoms with Crippen molar-refractivity contribution in [3.05, 3.63) is 70.3 Å². The molecule has 1 heterocycles. The molecule has 2 aromatic rings. The molecule has 4 heteroatoms. The van der Waals surface area contributed by atoms with Gasteiger partial charge in [0.2, 0.25) is 0 Å². The summed E-state index contributed by atoms with van der Waals surface area (Å²) < 4.78 is 12.0. The number of unbranched alkanes of at least 4 members (excludes halogenated alkanes) is 2. The Morgan fingerprint density at radius 1 is 1.13 bits per heavy atom. The van der Waals surface area contributed by atoms with Crippen molar-refractivity contribution in [1.82, 2.24) is 0 Å². The molecule has 4 rings (SSSR count). The fourth-order valence-electron chi connectivity index (χ4n) is 4.55. The average molecular weight is 407 g/mol. The molecule has 1 N–H and O–H groups in total. The van der Waals surface area contributed by atoms with Crippen LogP contribution in [0.1, 0.15) is 91.6 Å². The van der Waals surface area contributed by atoms with E-state index >= 15 is 0 Å². The summed E-state index contributed by atoms with van der Waals surface area (Å²) in [5.74, 6) is 0.397. The fraction of sp³-hybridized carbons (Fsp3) is 0.423. The van der Waals surface area contributed by atoms with Crippen molar-refractivity contribution in [3.8, 4) is 11.5 Å². The lowest BCUT2D eigenvalue weighted by atomic mass is 9.83. The number of aryl methyl sites for hydroxylation is 1. The number of esters is 1. The number of hydrogen-bond donors (Lipinski definition) is 1. The topological polar surface area (TPSA) is 55.8 Å². The van der Waals surface area contributed by atoms with E-state index in [0.29, 0.717) is 11.3 Å². The number of phenolic OH excluding ortho intramolecular Hbond substituents is 1. The van der Waals surface area contributed by atoms with Crippen LogP contribution in [-0.2, 0) is 11.2 Å². The Kier molecular flexibility index (Phi) is 6.12. The summed E-state index contributed by atoms with van der Waals surface area (Å²) in [6.45, 7) is 4.27. The number of cyclic esters (lactones) is 1. The highest BCUT2D eigenvalue weighted by Crippen LogP contribution is 2.48. The van der Waals surface area contributed by atoms with Crippen molar-refractivity contribution in [2.75, 3.05) is 0 Å². The summed E-state index contributed by atoms with van der Waals surface area (Å²) in [5.41, 5.74) is 4.12. The van der Waals surface area contributed by atoms with Gasteiger partial charge in [-0.3, -0.25) is 0 Å². The van der Waals surface area contributed by atoms with Gasteiger partial charge in [0, 0.05) is 17.0 Å². The minimum atomic E-state index is -0.802. The van der Waals surface area contributed by atoms with Crippen LogP contribution >= 0.6 is 0 Å². The number of phenols is 1. The van der Waals surface area contributed by atoms with Crippen LogP contribution in [0, 0.1) is 0 Å². The minimum Gasteiger partial charge on any atom is -0.507 e. The highest BCUT2D eigenvalue weighted by Gasteiger charge is 2.36. The van der Waals surface area contributed by atoms with E-state index in [9.17, 15) is 9.90 Å². The number of rotatable bonds is 6. The maximum absolute atomic E-state index is 13.1. The lowest BCUT2D eigenvalue weighted by Gasteiger charge is -2.32. The predicted octanol–water partition coefficient (Wildman–Crippen LogP) is 6.59. The van der Waals surface area contributed by atoms with Crippen LogP contribution in [0.4, 0.5) is 0 Å². The van der Waals surface area contributed by atoms with E-state index in [1.807, 2.05) is 30.3 Å². The van der Waals surface area contributed by atoms with E-state index in [1.54, 1.807) is 6.07 Å². The van der Waals surface area contributed by atoms with Gasteiger partial charge in [0.25, 0.3) is 6.29 Å². The van der Waals surface area contributed by atoms with Crippen LogP contribution in [0.25, 0.3) is 0 Å². The molecule has 0 aromatic heterocycles. The molecule has 2 aromatic carbocycles. The summed E-state index contributed by atoms with van der Waals surface area (Å²) in [6.07, 6.45) is 8.31. The molecule has 0 saturated heterocycles. The molecule has 30 heavy (non-hydrogen) atoms. The third-order valence-corrected chi connectivity index (χ3v) is 6.09. The van der Waals surface area contributed by atoms with E-state index in [1.165, 1.54) is 5.57 Å². The van der Waals surface area contributed by atoms with E-state index < -0.39 is 6.29 Å². The molecule has 0 spiro atoms. The number of ether oxygens (including phenoxy) is 2. The van der Waals surface area contributed by atoms with Gasteiger partial charge in [-0.25, -0.2) is 4.79 Å². The van der Waals surface area contributed by atoms with Crippen LogP contribution in [0.2, 0.25) is 0 Å². The number of carbonyl (C=O) groups is 1. The quantitative estimate of drug-likeness (QED) is 0.334. The zero-order valence-corrected chi connectivity index (χ0v) is 17.8. The van der Waals surface area contributed by atoms with Crippen molar-refractivity contribution in [3.63, 3.8) is 0 Å². The lowest BCUT2D eigenvalue weighted by molar-refractivity contribution is -0.0633. The Bertz CT molecular complexity index is 945. The van der Waals surface area contributed by atoms with Crippen LogP contribution in [-0.4, -0.2) is 11.1 Å². The molecular formula is C26H30O4. The highest BCUT2D eigenvalue weighted by atomic mass is 16.7.